The average molecular weight is 283 g/mol. The first-order valence-electron chi connectivity index (χ1n) is 7.01. The van der Waals surface area contributed by atoms with Gasteiger partial charge in [0.15, 0.2) is 0 Å². The Morgan fingerprint density at radius 3 is 2.55 bits per heavy atom. The molecule has 1 saturated heterocycles. The Balaban J connectivity index is 1.46. The van der Waals surface area contributed by atoms with E-state index in [1.165, 1.54) is 6.07 Å². The van der Waals surface area contributed by atoms with Gasteiger partial charge in [-0.1, -0.05) is 35.7 Å². The molecule has 1 N–H and O–H groups in total. The van der Waals surface area contributed by atoms with Crippen molar-refractivity contribution in [3.63, 3.8) is 0 Å². The Hall–Kier alpha value is -1.07. The van der Waals surface area contributed by atoms with E-state index in [4.69, 9.17) is 0 Å². The minimum Gasteiger partial charge on any atom is -0.658 e. The lowest BCUT2D eigenvalue weighted by atomic mass is 10.1. The Bertz CT molecular complexity index is 462. The molecule has 2 atom stereocenters. The molecule has 1 aromatic rings. The maximum atomic E-state index is 12.3. The molecule has 0 spiro atoms. The van der Waals surface area contributed by atoms with Crippen LogP contribution < -0.4 is 5.32 Å². The van der Waals surface area contributed by atoms with Gasteiger partial charge in [-0.25, -0.2) is 0 Å². The van der Waals surface area contributed by atoms with E-state index in [-0.39, 0.29) is 0 Å². The number of hydrogen-bond donors (Lipinski definition) is 1. The number of rotatable bonds is 5. The third kappa shape index (κ3) is 3.33. The molecular formula is C15H18F3N2-. The number of halogens is 3. The second kappa shape index (κ2) is 5.37. The number of fused-ring (bicyclic) bond motifs is 1. The van der Waals surface area contributed by atoms with Crippen molar-refractivity contribution < 1.29 is 13.2 Å². The summed E-state index contributed by atoms with van der Waals surface area (Å²) in [4.78, 5) is 0. The summed E-state index contributed by atoms with van der Waals surface area (Å²) in [5.74, 6) is 2.28. The van der Waals surface area contributed by atoms with Crippen molar-refractivity contribution in [2.75, 3.05) is 19.6 Å². The molecule has 0 radical (unpaired) electrons. The van der Waals surface area contributed by atoms with Gasteiger partial charge < -0.3 is 10.6 Å². The molecule has 5 heteroatoms. The van der Waals surface area contributed by atoms with Crippen molar-refractivity contribution in [3.8, 4) is 0 Å². The van der Waals surface area contributed by atoms with Crippen LogP contribution in [0, 0.1) is 17.8 Å². The highest BCUT2D eigenvalue weighted by atomic mass is 19.4. The summed E-state index contributed by atoms with van der Waals surface area (Å²) in [6.45, 7) is 3.58. The number of nitrogens with zero attached hydrogens (tertiary/aromatic N) is 1. The zero-order chi connectivity index (χ0) is 14.2. The number of nitrogens with one attached hydrogen (secondary N) is 1. The lowest BCUT2D eigenvalue weighted by Crippen LogP contribution is -2.16. The second-order valence-corrected chi connectivity index (χ2v) is 5.83. The number of benzene rings is 1. The number of alkyl halides is 3. The average Bonchev–Trinajstić information content (AvgIpc) is 2.81. The van der Waals surface area contributed by atoms with Gasteiger partial charge in [0, 0.05) is 0 Å². The fourth-order valence-electron chi connectivity index (χ4n) is 3.23. The van der Waals surface area contributed by atoms with Crippen molar-refractivity contribution in [2.24, 2.45) is 17.8 Å². The van der Waals surface area contributed by atoms with Crippen LogP contribution in [-0.2, 0) is 13.0 Å². The summed E-state index contributed by atoms with van der Waals surface area (Å²) < 4.78 is 37.0. The molecule has 0 aromatic heterocycles. The molecule has 1 aliphatic heterocycles. The zero-order valence-corrected chi connectivity index (χ0v) is 11.2. The Kier molecular flexibility index (Phi) is 3.73. The molecule has 1 aliphatic carbocycles. The van der Waals surface area contributed by atoms with Gasteiger partial charge in [0.1, 0.15) is 0 Å². The summed E-state index contributed by atoms with van der Waals surface area (Å²) >= 11 is 0. The van der Waals surface area contributed by atoms with Crippen LogP contribution in [0.25, 0.3) is 5.32 Å². The van der Waals surface area contributed by atoms with Crippen molar-refractivity contribution in [3.05, 3.63) is 40.7 Å². The highest BCUT2D eigenvalue weighted by Gasteiger charge is 2.49. The summed E-state index contributed by atoms with van der Waals surface area (Å²) in [7, 11) is 0. The molecule has 2 fully saturated rings. The quantitative estimate of drug-likeness (QED) is 0.882. The first-order chi connectivity index (χ1) is 9.53. The van der Waals surface area contributed by atoms with Gasteiger partial charge in [0.05, 0.1) is 6.42 Å². The first-order valence-corrected chi connectivity index (χ1v) is 7.01. The lowest BCUT2D eigenvalue weighted by molar-refractivity contribution is -0.127. The number of hydrogen-bond acceptors (Lipinski definition) is 1. The van der Waals surface area contributed by atoms with Crippen LogP contribution in [0.2, 0.25) is 0 Å². The highest BCUT2D eigenvalue weighted by Crippen LogP contribution is 2.49. The van der Waals surface area contributed by atoms with Gasteiger partial charge in [0.2, 0.25) is 0 Å². The molecule has 0 bridgehead atoms. The molecule has 2 unspecified atom stereocenters. The molecule has 1 heterocycles. The first kappa shape index (κ1) is 13.9. The van der Waals surface area contributed by atoms with E-state index < -0.39 is 12.6 Å². The minimum absolute atomic E-state index is 0.317. The maximum Gasteiger partial charge on any atom is 0.393 e. The van der Waals surface area contributed by atoms with Crippen molar-refractivity contribution in [1.29, 1.82) is 0 Å². The predicted octanol–water partition coefficient (Wildman–Crippen LogP) is 3.13. The lowest BCUT2D eigenvalue weighted by Gasteiger charge is -2.21. The number of piperidine rings is 1. The molecular weight excluding hydrogens is 265 g/mol. The third-order valence-corrected chi connectivity index (χ3v) is 4.30. The largest absolute Gasteiger partial charge is 0.658 e. The monoisotopic (exact) mass is 283 g/mol. The molecule has 1 aromatic carbocycles. The highest BCUT2D eigenvalue weighted by molar-refractivity contribution is 5.26. The minimum atomic E-state index is -4.14. The molecule has 110 valence electrons. The summed E-state index contributed by atoms with van der Waals surface area (Å²) in [5, 5.41) is 7.86. The van der Waals surface area contributed by atoms with Crippen LogP contribution in [0.15, 0.2) is 24.3 Å². The Labute approximate surface area is 116 Å². The SMILES string of the molecule is FC(F)(F)Cc1cccc(C[N-]CC2C3CNCC23)c1. The molecule has 2 nitrogen and oxygen atoms in total. The van der Waals surface area contributed by atoms with Crippen LogP contribution in [0.1, 0.15) is 11.1 Å². The van der Waals surface area contributed by atoms with Crippen molar-refractivity contribution in [1.82, 2.24) is 5.32 Å². The van der Waals surface area contributed by atoms with Crippen LogP contribution in [0.5, 0.6) is 0 Å². The van der Waals surface area contributed by atoms with Crippen LogP contribution in [0.4, 0.5) is 13.2 Å². The third-order valence-electron chi connectivity index (χ3n) is 4.30. The van der Waals surface area contributed by atoms with E-state index in [9.17, 15) is 13.2 Å². The molecule has 0 amide bonds. The van der Waals surface area contributed by atoms with Gasteiger partial charge in [-0.2, -0.15) is 13.2 Å². The molecule has 20 heavy (non-hydrogen) atoms. The van der Waals surface area contributed by atoms with E-state index in [0.29, 0.717) is 18.0 Å². The fourth-order valence-corrected chi connectivity index (χ4v) is 3.23. The van der Waals surface area contributed by atoms with Crippen LogP contribution in [0.3, 0.4) is 0 Å². The van der Waals surface area contributed by atoms with Gasteiger partial charge in [-0.15, -0.1) is 13.1 Å². The van der Waals surface area contributed by atoms with Crippen molar-refractivity contribution in [2.45, 2.75) is 19.1 Å². The van der Waals surface area contributed by atoms with E-state index in [1.807, 2.05) is 6.07 Å². The van der Waals surface area contributed by atoms with Gasteiger partial charge in [-0.05, 0) is 30.5 Å². The van der Waals surface area contributed by atoms with E-state index in [1.54, 1.807) is 12.1 Å². The van der Waals surface area contributed by atoms with Crippen LogP contribution >= 0.6 is 0 Å². The standard InChI is InChI=1S/C15H18F3N2/c16-15(17,18)5-10-2-1-3-11(4-10)6-19-7-12-13-8-20-9-14(12)13/h1-4,12-14,20H,5-9H2/q-1. The molecule has 1 saturated carbocycles. The zero-order valence-electron chi connectivity index (χ0n) is 11.2. The Morgan fingerprint density at radius 1 is 1.15 bits per heavy atom. The topological polar surface area (TPSA) is 26.1 Å². The smallest absolute Gasteiger partial charge is 0.393 e. The normalized spacial score (nSPS) is 28.4. The van der Waals surface area contributed by atoms with Gasteiger partial charge in [0.25, 0.3) is 0 Å². The Morgan fingerprint density at radius 2 is 1.85 bits per heavy atom. The summed E-state index contributed by atoms with van der Waals surface area (Å²) in [6, 6.07) is 6.67. The van der Waals surface area contributed by atoms with Crippen molar-refractivity contribution >= 4 is 0 Å². The summed E-state index contributed by atoms with van der Waals surface area (Å²) in [5.41, 5.74) is 1.19. The molecule has 2 aliphatic rings. The fraction of sp³-hybridized carbons (Fsp3) is 0.600. The van der Waals surface area contributed by atoms with Gasteiger partial charge in [-0.3, -0.25) is 0 Å². The van der Waals surface area contributed by atoms with E-state index in [2.05, 4.69) is 10.6 Å². The second-order valence-electron chi connectivity index (χ2n) is 5.83. The van der Waals surface area contributed by atoms with Gasteiger partial charge >= 0.3 is 6.18 Å². The molecule has 3 rings (SSSR count). The predicted molar refractivity (Wildman–Crippen MR) is 71.5 cm³/mol. The summed E-state index contributed by atoms with van der Waals surface area (Å²) in [6.07, 6.45) is -5.01. The van der Waals surface area contributed by atoms with E-state index >= 15 is 0 Å². The van der Waals surface area contributed by atoms with E-state index in [0.717, 1.165) is 37.0 Å². The van der Waals surface area contributed by atoms with Crippen LogP contribution in [-0.4, -0.2) is 25.8 Å². The maximum absolute atomic E-state index is 12.3.